The number of ketones is 2. The van der Waals surface area contributed by atoms with Crippen molar-refractivity contribution >= 4 is 11.6 Å². The minimum Gasteiger partial charge on any atom is -0.386 e. The number of hydrogen-bond donors (Lipinski definition) is 3. The van der Waals surface area contributed by atoms with Crippen molar-refractivity contribution in [1.29, 1.82) is 0 Å². The van der Waals surface area contributed by atoms with Crippen molar-refractivity contribution in [1.82, 2.24) is 0 Å². The summed E-state index contributed by atoms with van der Waals surface area (Å²) in [5, 5.41) is 24.0. The maximum atomic E-state index is 9.89. The van der Waals surface area contributed by atoms with Gasteiger partial charge >= 0.3 is 0 Å². The number of hydrogen-bond acceptors (Lipinski definition) is 5. The van der Waals surface area contributed by atoms with E-state index in [9.17, 15) is 9.59 Å². The zero-order valence-corrected chi connectivity index (χ0v) is 7.31. The fourth-order valence-corrected chi connectivity index (χ4v) is 0. The van der Waals surface area contributed by atoms with Gasteiger partial charge in [0.25, 0.3) is 0 Å². The molecule has 0 aromatic rings. The molecular weight excluding hydrogens is 164 g/mol. The topological polar surface area (TPSA) is 94.8 Å². The lowest BCUT2D eigenvalue weighted by molar-refractivity contribution is -0.142. The van der Waals surface area contributed by atoms with Crippen LogP contribution in [0.15, 0.2) is 0 Å². The Morgan fingerprint density at radius 1 is 1.00 bits per heavy atom. The molecule has 5 heteroatoms. The number of carbonyl (C=O) groups is 2. The Kier molecular flexibility index (Phi) is 7.93. The largest absolute Gasteiger partial charge is 0.386 e. The van der Waals surface area contributed by atoms with Gasteiger partial charge in [-0.1, -0.05) is 0 Å². The van der Waals surface area contributed by atoms with Gasteiger partial charge in [-0.25, -0.2) is 0 Å². The van der Waals surface area contributed by atoms with Crippen molar-refractivity contribution < 1.29 is 24.9 Å². The molecule has 0 aliphatic heterocycles. The lowest BCUT2D eigenvalue weighted by atomic mass is 10.3. The Morgan fingerprint density at radius 2 is 1.17 bits per heavy atom. The summed E-state index contributed by atoms with van der Waals surface area (Å²) in [5.74, 6) is -0.815. The number of Topliss-reactive ketones (excluding diaryl/α,β-unsaturated/α-hetero) is 2. The highest BCUT2D eigenvalue weighted by atomic mass is 16.5. The minimum atomic E-state index is -1.79. The maximum absolute atomic E-state index is 9.89. The van der Waals surface area contributed by atoms with Crippen LogP contribution in [0, 0.1) is 0 Å². The highest BCUT2D eigenvalue weighted by Gasteiger charge is 1.99. The zero-order valence-electron chi connectivity index (χ0n) is 7.31. The van der Waals surface area contributed by atoms with E-state index in [0.717, 1.165) is 6.92 Å². The molecule has 5 nitrogen and oxygen atoms in total. The van der Waals surface area contributed by atoms with Crippen molar-refractivity contribution in [3.63, 3.8) is 0 Å². The molecule has 3 N–H and O–H groups in total. The molecule has 0 fully saturated rings. The van der Waals surface area contributed by atoms with Gasteiger partial charge in [-0.3, -0.25) is 9.59 Å². The lowest BCUT2D eigenvalue weighted by Crippen LogP contribution is -2.14. The van der Waals surface area contributed by atoms with Gasteiger partial charge < -0.3 is 15.3 Å². The third-order valence-corrected chi connectivity index (χ3v) is 0.952. The second kappa shape index (κ2) is 6.90. The molecule has 1 atom stereocenters. The smallest absolute Gasteiger partial charge is 0.212 e. The van der Waals surface area contributed by atoms with E-state index in [0.29, 0.717) is 0 Å². The number of aliphatic hydroxyl groups is 3. The molecule has 0 amide bonds. The van der Waals surface area contributed by atoms with E-state index >= 15 is 0 Å². The monoisotopic (exact) mass is 178 g/mol. The summed E-state index contributed by atoms with van der Waals surface area (Å²) < 4.78 is 0. The Labute approximate surface area is 70.6 Å². The van der Waals surface area contributed by atoms with E-state index < -0.39 is 18.2 Å². The third kappa shape index (κ3) is 12.0. The van der Waals surface area contributed by atoms with E-state index in [-0.39, 0.29) is 5.78 Å². The molecule has 0 saturated heterocycles. The molecule has 0 rings (SSSR count). The first kappa shape index (κ1) is 13.8. The lowest BCUT2D eigenvalue weighted by Gasteiger charge is -1.90. The Balaban J connectivity index is 0. The van der Waals surface area contributed by atoms with Gasteiger partial charge in [-0.05, 0) is 20.8 Å². The molecule has 0 aliphatic carbocycles. The molecule has 0 aromatic heterocycles. The van der Waals surface area contributed by atoms with E-state index in [1.54, 1.807) is 0 Å². The average Bonchev–Trinajstić information content (AvgIpc) is 1.88. The van der Waals surface area contributed by atoms with E-state index in [1.165, 1.54) is 13.8 Å². The summed E-state index contributed by atoms with van der Waals surface area (Å²) in [7, 11) is 0. The zero-order chi connectivity index (χ0) is 10.3. The molecule has 0 aliphatic rings. The highest BCUT2D eigenvalue weighted by molar-refractivity contribution is 5.79. The van der Waals surface area contributed by atoms with Gasteiger partial charge in [0.2, 0.25) is 6.29 Å². The molecule has 0 radical (unpaired) electrons. The van der Waals surface area contributed by atoms with Crippen LogP contribution in [0.1, 0.15) is 20.8 Å². The van der Waals surface area contributed by atoms with Crippen LogP contribution < -0.4 is 0 Å². The third-order valence-electron chi connectivity index (χ3n) is 0.952. The first-order valence-corrected chi connectivity index (χ1v) is 3.34. The van der Waals surface area contributed by atoms with Crippen molar-refractivity contribution in [3.8, 4) is 0 Å². The molecule has 0 heterocycles. The standard InChI is InChI=1S/C4H8O2.C3H6O3/c1-3(5)4(2)6;1-2(4)3(5)6/h3,5H,1-2H3;3,5-6H,1H3. The van der Waals surface area contributed by atoms with Gasteiger partial charge in [-0.2, -0.15) is 0 Å². The van der Waals surface area contributed by atoms with E-state index in [2.05, 4.69) is 0 Å². The maximum Gasteiger partial charge on any atom is 0.212 e. The average molecular weight is 178 g/mol. The van der Waals surface area contributed by atoms with Gasteiger partial charge in [0.15, 0.2) is 11.6 Å². The summed E-state index contributed by atoms with van der Waals surface area (Å²) >= 11 is 0. The normalized spacial score (nSPS) is 11.6. The van der Waals surface area contributed by atoms with E-state index in [1.807, 2.05) is 0 Å². The predicted octanol–water partition coefficient (Wildman–Crippen LogP) is -1.16. The van der Waals surface area contributed by atoms with Crippen LogP contribution in [0.25, 0.3) is 0 Å². The van der Waals surface area contributed by atoms with Crippen LogP contribution in [0.3, 0.4) is 0 Å². The fourth-order valence-electron chi connectivity index (χ4n) is 0. The fraction of sp³-hybridized carbons (Fsp3) is 0.714. The molecule has 0 saturated carbocycles. The minimum absolute atomic E-state index is 0.185. The summed E-state index contributed by atoms with van der Waals surface area (Å²) in [6.07, 6.45) is -2.57. The van der Waals surface area contributed by atoms with Gasteiger partial charge in [-0.15, -0.1) is 0 Å². The second-order valence-corrected chi connectivity index (χ2v) is 2.27. The quantitative estimate of drug-likeness (QED) is 0.464. The first-order chi connectivity index (χ1) is 5.29. The SMILES string of the molecule is CC(=O)C(C)O.CC(=O)C(O)O. The molecule has 0 spiro atoms. The summed E-state index contributed by atoms with van der Waals surface area (Å²) in [6.45, 7) is 3.90. The van der Waals surface area contributed by atoms with Crippen molar-refractivity contribution in [2.45, 2.75) is 33.2 Å². The number of carbonyl (C=O) groups excluding carboxylic acids is 2. The predicted molar refractivity (Wildman–Crippen MR) is 41.3 cm³/mol. The molecule has 0 bridgehead atoms. The van der Waals surface area contributed by atoms with E-state index in [4.69, 9.17) is 15.3 Å². The first-order valence-electron chi connectivity index (χ1n) is 3.34. The van der Waals surface area contributed by atoms with Crippen LogP contribution in [0.5, 0.6) is 0 Å². The molecule has 0 aromatic carbocycles. The molecule has 12 heavy (non-hydrogen) atoms. The molecule has 1 unspecified atom stereocenters. The Morgan fingerprint density at radius 3 is 1.17 bits per heavy atom. The Hall–Kier alpha value is -0.780. The Bertz CT molecular complexity index is 132. The summed E-state index contributed by atoms with van der Waals surface area (Å²) in [4.78, 5) is 19.5. The second-order valence-electron chi connectivity index (χ2n) is 2.27. The number of aliphatic hydroxyl groups excluding tert-OH is 2. The van der Waals surface area contributed by atoms with Crippen LogP contribution in [0.4, 0.5) is 0 Å². The summed E-state index contributed by atoms with van der Waals surface area (Å²) in [5.41, 5.74) is 0. The van der Waals surface area contributed by atoms with Crippen LogP contribution in [0.2, 0.25) is 0 Å². The van der Waals surface area contributed by atoms with Crippen molar-refractivity contribution in [2.75, 3.05) is 0 Å². The molecule has 72 valence electrons. The number of rotatable bonds is 2. The molecular formula is C7H14O5. The van der Waals surface area contributed by atoms with Crippen LogP contribution in [-0.4, -0.2) is 39.3 Å². The van der Waals surface area contributed by atoms with Gasteiger partial charge in [0, 0.05) is 0 Å². The van der Waals surface area contributed by atoms with Crippen molar-refractivity contribution in [3.05, 3.63) is 0 Å². The van der Waals surface area contributed by atoms with Crippen molar-refractivity contribution in [2.24, 2.45) is 0 Å². The summed E-state index contributed by atoms with van der Waals surface area (Å²) in [6, 6.07) is 0. The van der Waals surface area contributed by atoms with Crippen LogP contribution >= 0.6 is 0 Å². The van der Waals surface area contributed by atoms with Crippen LogP contribution in [-0.2, 0) is 9.59 Å². The van der Waals surface area contributed by atoms with Gasteiger partial charge in [0.05, 0.1) is 0 Å². The highest BCUT2D eigenvalue weighted by Crippen LogP contribution is 1.76. The van der Waals surface area contributed by atoms with Gasteiger partial charge in [0.1, 0.15) is 6.10 Å².